The van der Waals surface area contributed by atoms with Gasteiger partial charge in [-0.3, -0.25) is 9.53 Å². The third kappa shape index (κ3) is 7.50. The van der Waals surface area contributed by atoms with Crippen LogP contribution in [0.15, 0.2) is 41.0 Å². The zero-order chi connectivity index (χ0) is 20.9. The molecule has 1 heterocycles. The lowest BCUT2D eigenvalue weighted by atomic mass is 9.97. The Hall–Kier alpha value is -2.08. The van der Waals surface area contributed by atoms with Crippen LogP contribution in [0.2, 0.25) is 0 Å². The number of carbonyl (C=O) groups excluding carboxylic acids is 1. The first-order valence-electron chi connectivity index (χ1n) is 7.67. The summed E-state index contributed by atoms with van der Waals surface area (Å²) < 4.78 is 82.6. The molecule has 0 fully saturated rings. The highest BCUT2D eigenvalue weighted by Gasteiger charge is 2.36. The number of aromatic nitrogens is 1. The number of rotatable bonds is 6. The van der Waals surface area contributed by atoms with Crippen molar-refractivity contribution in [2.75, 3.05) is 13.2 Å². The topological polar surface area (TPSA) is 60.5 Å². The number of ether oxygens (including phenoxy) is 2. The number of allylic oxidation sites excluding steroid dienone is 2. The quantitative estimate of drug-likeness (QED) is 0.630. The number of hydrogen-bond donors (Lipinski definition) is 1. The highest BCUT2D eigenvalue weighted by molar-refractivity contribution is 9.11. The second-order valence-electron chi connectivity index (χ2n) is 5.60. The van der Waals surface area contributed by atoms with E-state index >= 15 is 0 Å². The Balaban J connectivity index is 1.92. The second-order valence-corrected chi connectivity index (χ2v) is 6.52. The molecule has 0 aliphatic heterocycles. The lowest BCUT2D eigenvalue weighted by Crippen LogP contribution is -2.37. The molecule has 0 aromatic carbocycles. The van der Waals surface area contributed by atoms with Gasteiger partial charge in [0.05, 0.1) is 11.7 Å². The summed E-state index contributed by atoms with van der Waals surface area (Å²) in [7, 11) is 0. The van der Waals surface area contributed by atoms with Crippen LogP contribution in [0.3, 0.4) is 0 Å². The summed E-state index contributed by atoms with van der Waals surface area (Å²) in [6.45, 7) is -1.69. The monoisotopic (exact) mass is 474 g/mol. The number of alkyl halides is 6. The molecule has 1 aliphatic rings. The van der Waals surface area contributed by atoms with Crippen molar-refractivity contribution in [2.24, 2.45) is 5.92 Å². The van der Waals surface area contributed by atoms with Crippen LogP contribution in [-0.2, 0) is 4.74 Å². The number of amides is 1. The fraction of sp³-hybridized carbons (Fsp3) is 0.375. The standard InChI is InChI=1S/C16H13BrF6N2O3/c17-11-3-1-9(12(5-11)28-16(21,22)23)6-25-14(26)10-2-4-13(24-7-10)27-8-15(18,19)20/h1-5,7,9,12H,6,8H2,(H,25,26). The molecule has 5 nitrogen and oxygen atoms in total. The molecule has 2 atom stereocenters. The van der Waals surface area contributed by atoms with Gasteiger partial charge in [0.2, 0.25) is 5.88 Å². The molecule has 1 aromatic heterocycles. The number of hydrogen-bond acceptors (Lipinski definition) is 4. The van der Waals surface area contributed by atoms with E-state index in [-0.39, 0.29) is 18.0 Å². The van der Waals surface area contributed by atoms with Crippen molar-refractivity contribution in [3.63, 3.8) is 0 Å². The maximum Gasteiger partial charge on any atom is 0.523 e. The van der Waals surface area contributed by atoms with Crippen LogP contribution < -0.4 is 10.1 Å². The summed E-state index contributed by atoms with van der Waals surface area (Å²) in [5.74, 6) is -1.77. The minimum Gasteiger partial charge on any atom is -0.468 e. The van der Waals surface area contributed by atoms with Gasteiger partial charge in [0.15, 0.2) is 6.61 Å². The third-order valence-corrected chi connectivity index (χ3v) is 3.93. The van der Waals surface area contributed by atoms with Gasteiger partial charge in [-0.25, -0.2) is 4.98 Å². The van der Waals surface area contributed by atoms with Crippen molar-refractivity contribution < 1.29 is 40.6 Å². The highest BCUT2D eigenvalue weighted by atomic mass is 79.9. The Kier molecular flexibility index (Phi) is 7.10. The van der Waals surface area contributed by atoms with E-state index in [1.165, 1.54) is 24.3 Å². The Bertz CT molecular complexity index is 746. The number of pyridine rings is 1. The van der Waals surface area contributed by atoms with Crippen molar-refractivity contribution >= 4 is 21.8 Å². The predicted octanol–water partition coefficient (Wildman–Crippen LogP) is 4.12. The molecule has 0 saturated heterocycles. The van der Waals surface area contributed by atoms with Gasteiger partial charge in [0, 0.05) is 29.2 Å². The van der Waals surface area contributed by atoms with Gasteiger partial charge in [-0.2, -0.15) is 13.2 Å². The van der Waals surface area contributed by atoms with Gasteiger partial charge in [-0.1, -0.05) is 28.1 Å². The fourth-order valence-electron chi connectivity index (χ4n) is 2.19. The first-order valence-corrected chi connectivity index (χ1v) is 8.46. The van der Waals surface area contributed by atoms with Gasteiger partial charge >= 0.3 is 12.5 Å². The zero-order valence-corrected chi connectivity index (χ0v) is 15.4. The van der Waals surface area contributed by atoms with Crippen molar-refractivity contribution in [3.05, 3.63) is 46.6 Å². The summed E-state index contributed by atoms with van der Waals surface area (Å²) in [5.41, 5.74) is 0.00385. The number of carbonyl (C=O) groups is 1. The van der Waals surface area contributed by atoms with Crippen LogP contribution in [0.5, 0.6) is 5.88 Å². The highest BCUT2D eigenvalue weighted by Crippen LogP contribution is 2.29. The van der Waals surface area contributed by atoms with Crippen LogP contribution in [-0.4, -0.2) is 42.7 Å². The summed E-state index contributed by atoms with van der Waals surface area (Å²) >= 11 is 3.06. The molecule has 1 amide bonds. The molecule has 1 aromatic rings. The van der Waals surface area contributed by atoms with Crippen molar-refractivity contribution in [3.8, 4) is 5.88 Å². The van der Waals surface area contributed by atoms with Gasteiger partial charge in [0.25, 0.3) is 5.91 Å². The van der Waals surface area contributed by atoms with Crippen molar-refractivity contribution in [2.45, 2.75) is 18.6 Å². The lowest BCUT2D eigenvalue weighted by Gasteiger charge is -2.26. The number of halogens is 7. The predicted molar refractivity (Wildman–Crippen MR) is 88.7 cm³/mol. The summed E-state index contributed by atoms with van der Waals surface area (Å²) in [5, 5.41) is 2.43. The largest absolute Gasteiger partial charge is 0.523 e. The fourth-order valence-corrected chi connectivity index (χ4v) is 2.60. The van der Waals surface area contributed by atoms with E-state index in [0.29, 0.717) is 4.48 Å². The normalized spacial score (nSPS) is 19.9. The number of nitrogens with one attached hydrogen (secondary N) is 1. The van der Waals surface area contributed by atoms with E-state index in [4.69, 9.17) is 0 Å². The minimum atomic E-state index is -4.85. The van der Waals surface area contributed by atoms with Crippen LogP contribution in [0, 0.1) is 5.92 Å². The first kappa shape index (κ1) is 22.2. The average Bonchev–Trinajstić information content (AvgIpc) is 2.57. The van der Waals surface area contributed by atoms with Crippen LogP contribution in [0.4, 0.5) is 26.3 Å². The molecule has 2 unspecified atom stereocenters. The zero-order valence-electron chi connectivity index (χ0n) is 13.9. The number of nitrogens with zero attached hydrogens (tertiary/aromatic N) is 1. The van der Waals surface area contributed by atoms with Crippen LogP contribution in [0.1, 0.15) is 10.4 Å². The summed E-state index contributed by atoms with van der Waals surface area (Å²) in [6.07, 6.45) is -5.51. The van der Waals surface area contributed by atoms with E-state index in [1.54, 1.807) is 0 Å². The van der Waals surface area contributed by atoms with Crippen LogP contribution >= 0.6 is 15.9 Å². The maximum absolute atomic E-state index is 12.5. The molecule has 0 saturated carbocycles. The summed E-state index contributed by atoms with van der Waals surface area (Å²) in [4.78, 5) is 15.7. The first-order chi connectivity index (χ1) is 12.9. The molecule has 12 heteroatoms. The van der Waals surface area contributed by atoms with Gasteiger partial charge in [0.1, 0.15) is 0 Å². The molecular weight excluding hydrogens is 462 g/mol. The molecular formula is C16H13BrF6N2O3. The minimum absolute atomic E-state index is 0.00385. The smallest absolute Gasteiger partial charge is 0.468 e. The van der Waals surface area contributed by atoms with E-state index in [9.17, 15) is 31.1 Å². The maximum atomic E-state index is 12.5. The molecule has 2 rings (SSSR count). The van der Waals surface area contributed by atoms with Crippen LogP contribution in [0.25, 0.3) is 0 Å². The van der Waals surface area contributed by atoms with E-state index in [2.05, 4.69) is 35.7 Å². The molecule has 1 aliphatic carbocycles. The van der Waals surface area contributed by atoms with E-state index < -0.39 is 37.1 Å². The van der Waals surface area contributed by atoms with Crippen molar-refractivity contribution in [1.29, 1.82) is 0 Å². The molecule has 0 radical (unpaired) electrons. The molecule has 154 valence electrons. The molecule has 28 heavy (non-hydrogen) atoms. The van der Waals surface area contributed by atoms with E-state index in [1.807, 2.05) is 0 Å². The van der Waals surface area contributed by atoms with Crippen molar-refractivity contribution in [1.82, 2.24) is 10.3 Å². The lowest BCUT2D eigenvalue weighted by molar-refractivity contribution is -0.340. The Morgan fingerprint density at radius 1 is 1.21 bits per heavy atom. The molecule has 1 N–H and O–H groups in total. The molecule has 0 bridgehead atoms. The third-order valence-electron chi connectivity index (χ3n) is 3.40. The molecule has 0 spiro atoms. The van der Waals surface area contributed by atoms with Gasteiger partial charge in [-0.15, -0.1) is 13.2 Å². The Labute approximate surface area is 163 Å². The average molecular weight is 475 g/mol. The SMILES string of the molecule is O=C(NCC1C=CC(Br)=CC1OC(F)(F)F)c1ccc(OCC(F)(F)F)nc1. The van der Waals surface area contributed by atoms with Gasteiger partial charge in [-0.05, 0) is 12.1 Å². The second kappa shape index (κ2) is 8.95. The summed E-state index contributed by atoms with van der Waals surface area (Å²) in [6, 6.07) is 2.27. The Morgan fingerprint density at radius 3 is 2.50 bits per heavy atom. The Morgan fingerprint density at radius 2 is 1.93 bits per heavy atom. The van der Waals surface area contributed by atoms with Gasteiger partial charge < -0.3 is 10.1 Å². The van der Waals surface area contributed by atoms with E-state index in [0.717, 1.165) is 12.3 Å².